The number of amides is 1. The summed E-state index contributed by atoms with van der Waals surface area (Å²) in [4.78, 5) is 11.3. The summed E-state index contributed by atoms with van der Waals surface area (Å²) in [5.74, 6) is -0.585. The first-order valence-corrected chi connectivity index (χ1v) is 6.66. The molecule has 0 heterocycles. The minimum atomic E-state index is -3.44. The fourth-order valence-electron chi connectivity index (χ4n) is 1.30. The third-order valence-electron chi connectivity index (χ3n) is 2.36. The molecule has 0 aliphatic carbocycles. The SMILES string of the molecule is CNC(=O)[C@H](C)S(=O)(=O)Cc1ccccc1. The van der Waals surface area contributed by atoms with Gasteiger partial charge in [0, 0.05) is 7.05 Å². The highest BCUT2D eigenvalue weighted by atomic mass is 32.2. The Hall–Kier alpha value is -1.36. The van der Waals surface area contributed by atoms with Crippen molar-refractivity contribution in [2.45, 2.75) is 17.9 Å². The van der Waals surface area contributed by atoms with Crippen LogP contribution in [0.4, 0.5) is 0 Å². The molecule has 5 heteroatoms. The molecule has 0 bridgehead atoms. The lowest BCUT2D eigenvalue weighted by atomic mass is 10.2. The van der Waals surface area contributed by atoms with Gasteiger partial charge in [0.1, 0.15) is 5.25 Å². The van der Waals surface area contributed by atoms with Crippen LogP contribution in [0.2, 0.25) is 0 Å². The van der Waals surface area contributed by atoms with Crippen LogP contribution in [0.3, 0.4) is 0 Å². The van der Waals surface area contributed by atoms with Crippen LogP contribution < -0.4 is 5.32 Å². The fraction of sp³-hybridized carbons (Fsp3) is 0.364. The normalized spacial score (nSPS) is 13.1. The van der Waals surface area contributed by atoms with E-state index >= 15 is 0 Å². The Bertz CT molecular complexity index is 453. The number of nitrogens with one attached hydrogen (secondary N) is 1. The van der Waals surface area contributed by atoms with E-state index in [0.717, 1.165) is 0 Å². The Morgan fingerprint density at radius 3 is 2.38 bits per heavy atom. The van der Waals surface area contributed by atoms with Crippen LogP contribution in [0.5, 0.6) is 0 Å². The summed E-state index contributed by atoms with van der Waals surface area (Å²) < 4.78 is 23.7. The largest absolute Gasteiger partial charge is 0.358 e. The minimum absolute atomic E-state index is 0.109. The number of rotatable bonds is 4. The molecule has 0 aromatic heterocycles. The van der Waals surface area contributed by atoms with Crippen LogP contribution in [-0.4, -0.2) is 26.6 Å². The van der Waals surface area contributed by atoms with Crippen molar-refractivity contribution < 1.29 is 13.2 Å². The van der Waals surface area contributed by atoms with Gasteiger partial charge in [0.25, 0.3) is 0 Å². The lowest BCUT2D eigenvalue weighted by molar-refractivity contribution is -0.119. The quantitative estimate of drug-likeness (QED) is 0.845. The molecule has 16 heavy (non-hydrogen) atoms. The van der Waals surface area contributed by atoms with Gasteiger partial charge in [-0.2, -0.15) is 0 Å². The second-order valence-corrected chi connectivity index (χ2v) is 5.87. The zero-order valence-corrected chi connectivity index (χ0v) is 10.1. The van der Waals surface area contributed by atoms with Gasteiger partial charge >= 0.3 is 0 Å². The zero-order valence-electron chi connectivity index (χ0n) is 9.30. The Labute approximate surface area is 95.6 Å². The maximum Gasteiger partial charge on any atom is 0.237 e. The molecule has 0 radical (unpaired) electrons. The highest BCUT2D eigenvalue weighted by Gasteiger charge is 2.27. The first kappa shape index (κ1) is 12.7. The van der Waals surface area contributed by atoms with Crippen LogP contribution in [0.1, 0.15) is 12.5 Å². The predicted molar refractivity (Wildman–Crippen MR) is 62.6 cm³/mol. The average molecular weight is 241 g/mol. The molecule has 1 amide bonds. The number of carbonyl (C=O) groups excluding carboxylic acids is 1. The summed E-state index contributed by atoms with van der Waals surface area (Å²) in [6, 6.07) is 8.82. The van der Waals surface area contributed by atoms with E-state index < -0.39 is 21.0 Å². The molecule has 1 atom stereocenters. The lowest BCUT2D eigenvalue weighted by Gasteiger charge is -2.11. The molecule has 0 saturated heterocycles. The molecule has 4 nitrogen and oxygen atoms in total. The van der Waals surface area contributed by atoms with E-state index in [0.29, 0.717) is 5.56 Å². The molecular formula is C11H15NO3S. The minimum Gasteiger partial charge on any atom is -0.358 e. The average Bonchev–Trinajstić information content (AvgIpc) is 2.27. The highest BCUT2D eigenvalue weighted by molar-refractivity contribution is 7.92. The van der Waals surface area contributed by atoms with Gasteiger partial charge in [-0.05, 0) is 12.5 Å². The van der Waals surface area contributed by atoms with Crippen molar-refractivity contribution in [3.05, 3.63) is 35.9 Å². The molecule has 1 N–H and O–H groups in total. The predicted octanol–water partition coefficient (Wildman–Crippen LogP) is 0.736. The van der Waals surface area contributed by atoms with Gasteiger partial charge < -0.3 is 5.32 Å². The fourth-order valence-corrected chi connectivity index (χ4v) is 2.65. The van der Waals surface area contributed by atoms with E-state index in [9.17, 15) is 13.2 Å². The second kappa shape index (κ2) is 5.12. The summed E-state index contributed by atoms with van der Waals surface area (Å²) in [7, 11) is -2.01. The monoisotopic (exact) mass is 241 g/mol. The first-order valence-electron chi connectivity index (χ1n) is 4.94. The van der Waals surface area contributed by atoms with E-state index in [4.69, 9.17) is 0 Å². The molecule has 1 rings (SSSR count). The van der Waals surface area contributed by atoms with E-state index in [-0.39, 0.29) is 5.75 Å². The maximum atomic E-state index is 11.8. The summed E-state index contributed by atoms with van der Waals surface area (Å²) in [5.41, 5.74) is 0.693. The van der Waals surface area contributed by atoms with Gasteiger partial charge in [0.2, 0.25) is 5.91 Å². The van der Waals surface area contributed by atoms with Crippen molar-refractivity contribution in [1.29, 1.82) is 0 Å². The van der Waals surface area contributed by atoms with Crippen molar-refractivity contribution in [3.8, 4) is 0 Å². The standard InChI is InChI=1S/C11H15NO3S/c1-9(11(13)12-2)16(14,15)8-10-6-4-3-5-7-10/h3-7,9H,8H2,1-2H3,(H,12,13)/t9-/m0/s1. The Kier molecular flexibility index (Phi) is 4.06. The van der Waals surface area contributed by atoms with Gasteiger partial charge in [-0.15, -0.1) is 0 Å². The van der Waals surface area contributed by atoms with Gasteiger partial charge in [0.15, 0.2) is 9.84 Å². The van der Waals surface area contributed by atoms with E-state index in [1.54, 1.807) is 24.3 Å². The third kappa shape index (κ3) is 3.06. The van der Waals surface area contributed by atoms with Gasteiger partial charge in [-0.3, -0.25) is 4.79 Å². The number of benzene rings is 1. The Morgan fingerprint density at radius 1 is 1.31 bits per heavy atom. The number of hydrogen-bond acceptors (Lipinski definition) is 3. The molecule has 0 spiro atoms. The molecule has 0 aliphatic rings. The summed E-state index contributed by atoms with van der Waals surface area (Å²) in [5, 5.41) is 1.32. The summed E-state index contributed by atoms with van der Waals surface area (Å²) in [6.07, 6.45) is 0. The number of hydrogen-bond donors (Lipinski definition) is 1. The third-order valence-corrected chi connectivity index (χ3v) is 4.39. The zero-order chi connectivity index (χ0) is 12.2. The molecular weight excluding hydrogens is 226 g/mol. The van der Waals surface area contributed by atoms with E-state index in [2.05, 4.69) is 5.32 Å². The molecule has 0 unspecified atom stereocenters. The molecule has 1 aromatic carbocycles. The van der Waals surface area contributed by atoms with Crippen LogP contribution in [-0.2, 0) is 20.4 Å². The second-order valence-electron chi connectivity index (χ2n) is 3.55. The van der Waals surface area contributed by atoms with Gasteiger partial charge in [0.05, 0.1) is 5.75 Å². The number of carbonyl (C=O) groups is 1. The molecule has 1 aromatic rings. The van der Waals surface area contributed by atoms with Crippen molar-refractivity contribution >= 4 is 15.7 Å². The molecule has 0 saturated carbocycles. The summed E-state index contributed by atoms with van der Waals surface area (Å²) >= 11 is 0. The van der Waals surface area contributed by atoms with Crippen LogP contribution in [0.25, 0.3) is 0 Å². The lowest BCUT2D eigenvalue weighted by Crippen LogP contribution is -2.36. The summed E-state index contributed by atoms with van der Waals surface area (Å²) in [6.45, 7) is 1.40. The van der Waals surface area contributed by atoms with Crippen LogP contribution >= 0.6 is 0 Å². The molecule has 0 fully saturated rings. The van der Waals surface area contributed by atoms with Crippen LogP contribution in [0, 0.1) is 0 Å². The molecule has 88 valence electrons. The van der Waals surface area contributed by atoms with Gasteiger partial charge in [-0.1, -0.05) is 30.3 Å². The molecule has 0 aliphatic heterocycles. The highest BCUT2D eigenvalue weighted by Crippen LogP contribution is 2.11. The Morgan fingerprint density at radius 2 is 1.88 bits per heavy atom. The van der Waals surface area contributed by atoms with Gasteiger partial charge in [-0.25, -0.2) is 8.42 Å². The van der Waals surface area contributed by atoms with Crippen molar-refractivity contribution in [1.82, 2.24) is 5.32 Å². The van der Waals surface area contributed by atoms with E-state index in [1.165, 1.54) is 14.0 Å². The van der Waals surface area contributed by atoms with Crippen molar-refractivity contribution in [2.75, 3.05) is 7.05 Å². The van der Waals surface area contributed by atoms with Crippen LogP contribution in [0.15, 0.2) is 30.3 Å². The van der Waals surface area contributed by atoms with E-state index in [1.807, 2.05) is 6.07 Å². The smallest absolute Gasteiger partial charge is 0.237 e. The first-order chi connectivity index (χ1) is 7.47. The number of sulfone groups is 1. The topological polar surface area (TPSA) is 63.2 Å². The van der Waals surface area contributed by atoms with Crippen molar-refractivity contribution in [3.63, 3.8) is 0 Å². The maximum absolute atomic E-state index is 11.8. The van der Waals surface area contributed by atoms with Crippen molar-refractivity contribution in [2.24, 2.45) is 0 Å². The Balaban J connectivity index is 2.84.